The van der Waals surface area contributed by atoms with Crippen LogP contribution in [0.3, 0.4) is 0 Å². The number of hydrogen-bond acceptors (Lipinski definition) is 5. The molecule has 7 heteroatoms. The van der Waals surface area contributed by atoms with Crippen LogP contribution in [0.5, 0.6) is 11.5 Å². The normalized spacial score (nSPS) is 11.0. The van der Waals surface area contributed by atoms with Crippen molar-refractivity contribution in [1.29, 1.82) is 0 Å². The van der Waals surface area contributed by atoms with E-state index in [1.54, 1.807) is 12.1 Å². The Morgan fingerprint density at radius 3 is 2.50 bits per heavy atom. The molecule has 0 atom stereocenters. The minimum absolute atomic E-state index is 0.0255. The maximum atomic E-state index is 13.2. The fraction of sp³-hybridized carbons (Fsp3) is 0.238. The van der Waals surface area contributed by atoms with Crippen molar-refractivity contribution >= 4 is 5.97 Å². The number of aromatic nitrogens is 1. The summed E-state index contributed by atoms with van der Waals surface area (Å²) in [7, 11) is 0. The Hall–Kier alpha value is -3.35. The Bertz CT molecular complexity index is 979. The molecule has 0 aliphatic heterocycles. The molecule has 3 aromatic rings. The van der Waals surface area contributed by atoms with Crippen LogP contribution in [0.15, 0.2) is 46.9 Å². The van der Waals surface area contributed by atoms with Gasteiger partial charge in [0.2, 0.25) is 5.89 Å². The van der Waals surface area contributed by atoms with Gasteiger partial charge in [-0.3, -0.25) is 4.79 Å². The molecule has 0 radical (unpaired) electrons. The van der Waals surface area contributed by atoms with Gasteiger partial charge in [-0.05, 0) is 48.4 Å². The summed E-state index contributed by atoms with van der Waals surface area (Å²) >= 11 is 0. The minimum Gasteiger partial charge on any atom is -0.504 e. The van der Waals surface area contributed by atoms with Crippen LogP contribution in [0.2, 0.25) is 0 Å². The summed E-state index contributed by atoms with van der Waals surface area (Å²) in [5, 5.41) is 19.2. The van der Waals surface area contributed by atoms with Crippen molar-refractivity contribution < 1.29 is 28.6 Å². The molecule has 2 N–H and O–H groups in total. The highest BCUT2D eigenvalue weighted by molar-refractivity contribution is 5.75. The molecule has 0 spiro atoms. The number of phenolic OH excluding ortho intramolecular Hbond substituents is 1. The number of carboxylic acids is 1. The number of aromatic hydroxyl groups is 1. The number of hydrogen-bond donors (Lipinski definition) is 2. The number of aliphatic carboxylic acids is 1. The first-order valence-electron chi connectivity index (χ1n) is 8.77. The van der Waals surface area contributed by atoms with Gasteiger partial charge in [-0.2, -0.15) is 0 Å². The van der Waals surface area contributed by atoms with Crippen molar-refractivity contribution in [2.45, 2.75) is 20.3 Å². The van der Waals surface area contributed by atoms with Gasteiger partial charge >= 0.3 is 5.97 Å². The van der Waals surface area contributed by atoms with Gasteiger partial charge in [-0.15, -0.1) is 0 Å². The Balaban J connectivity index is 2.03. The largest absolute Gasteiger partial charge is 0.504 e. The summed E-state index contributed by atoms with van der Waals surface area (Å²) in [5.41, 5.74) is 1.27. The van der Waals surface area contributed by atoms with Crippen LogP contribution in [-0.4, -0.2) is 27.8 Å². The predicted octanol–water partition coefficient (Wildman–Crippen LogP) is 4.52. The number of carbonyl (C=O) groups is 1. The molecule has 0 saturated carbocycles. The molecule has 0 aliphatic rings. The number of oxazole rings is 1. The number of nitrogens with zero attached hydrogens (tertiary/aromatic N) is 1. The number of phenols is 1. The van der Waals surface area contributed by atoms with Crippen LogP contribution in [0.4, 0.5) is 4.39 Å². The van der Waals surface area contributed by atoms with Gasteiger partial charge in [0.15, 0.2) is 17.3 Å². The number of benzene rings is 2. The third-order valence-electron chi connectivity index (χ3n) is 3.90. The maximum Gasteiger partial charge on any atom is 0.309 e. The van der Waals surface area contributed by atoms with E-state index >= 15 is 0 Å². The highest BCUT2D eigenvalue weighted by atomic mass is 19.1. The zero-order chi connectivity index (χ0) is 20.3. The highest BCUT2D eigenvalue weighted by Crippen LogP contribution is 2.36. The second kappa shape index (κ2) is 8.12. The first-order valence-corrected chi connectivity index (χ1v) is 8.77. The van der Waals surface area contributed by atoms with E-state index in [2.05, 4.69) is 4.98 Å². The van der Waals surface area contributed by atoms with E-state index in [1.165, 1.54) is 30.3 Å². The van der Waals surface area contributed by atoms with E-state index in [-0.39, 0.29) is 41.2 Å². The molecular weight excluding hydrogens is 365 g/mol. The Morgan fingerprint density at radius 2 is 1.86 bits per heavy atom. The molecule has 0 saturated heterocycles. The number of rotatable bonds is 7. The average molecular weight is 385 g/mol. The van der Waals surface area contributed by atoms with Gasteiger partial charge < -0.3 is 19.4 Å². The van der Waals surface area contributed by atoms with Crippen LogP contribution in [0, 0.1) is 11.7 Å². The molecule has 2 aromatic carbocycles. The van der Waals surface area contributed by atoms with Crippen molar-refractivity contribution in [2.75, 3.05) is 6.61 Å². The maximum absolute atomic E-state index is 13.2. The zero-order valence-corrected chi connectivity index (χ0v) is 15.5. The predicted molar refractivity (Wildman–Crippen MR) is 101 cm³/mol. The summed E-state index contributed by atoms with van der Waals surface area (Å²) in [6.45, 7) is 4.38. The third-order valence-corrected chi connectivity index (χ3v) is 3.90. The lowest BCUT2D eigenvalue weighted by molar-refractivity contribution is -0.136. The van der Waals surface area contributed by atoms with Crippen molar-refractivity contribution in [3.8, 4) is 34.3 Å². The molecule has 0 unspecified atom stereocenters. The molecule has 1 aromatic heterocycles. The first-order chi connectivity index (χ1) is 13.3. The fourth-order valence-corrected chi connectivity index (χ4v) is 2.58. The van der Waals surface area contributed by atoms with Gasteiger partial charge in [0.05, 0.1) is 18.7 Å². The van der Waals surface area contributed by atoms with Crippen molar-refractivity contribution in [2.24, 2.45) is 5.92 Å². The van der Waals surface area contributed by atoms with Crippen LogP contribution in [-0.2, 0) is 11.2 Å². The lowest BCUT2D eigenvalue weighted by Gasteiger charge is -2.11. The van der Waals surface area contributed by atoms with Gasteiger partial charge in [0.1, 0.15) is 5.82 Å². The summed E-state index contributed by atoms with van der Waals surface area (Å²) < 4.78 is 24.6. The highest BCUT2D eigenvalue weighted by Gasteiger charge is 2.20. The van der Waals surface area contributed by atoms with E-state index in [0.717, 1.165) is 0 Å². The summed E-state index contributed by atoms with van der Waals surface area (Å²) in [5.74, 6) is -0.502. The van der Waals surface area contributed by atoms with E-state index in [0.29, 0.717) is 17.7 Å². The van der Waals surface area contributed by atoms with E-state index in [9.17, 15) is 19.4 Å². The fourth-order valence-electron chi connectivity index (χ4n) is 2.58. The molecule has 0 amide bonds. The Kier molecular flexibility index (Phi) is 5.63. The molecule has 3 rings (SSSR count). The second-order valence-corrected chi connectivity index (χ2v) is 6.76. The van der Waals surface area contributed by atoms with Gasteiger partial charge in [0, 0.05) is 11.1 Å². The molecule has 6 nitrogen and oxygen atoms in total. The van der Waals surface area contributed by atoms with Gasteiger partial charge in [-0.25, -0.2) is 9.37 Å². The van der Waals surface area contributed by atoms with E-state index in [1.807, 2.05) is 13.8 Å². The summed E-state index contributed by atoms with van der Waals surface area (Å²) in [6.07, 6.45) is -0.344. The van der Waals surface area contributed by atoms with Crippen LogP contribution >= 0.6 is 0 Å². The van der Waals surface area contributed by atoms with Crippen LogP contribution in [0.25, 0.3) is 22.8 Å². The SMILES string of the molecule is CC(C)COc1cc(-c2oc(-c3ccc(F)cc3)nc2CC(=O)O)ccc1O. The average Bonchev–Trinajstić information content (AvgIpc) is 3.04. The van der Waals surface area contributed by atoms with Crippen molar-refractivity contribution in [3.05, 3.63) is 54.0 Å². The van der Waals surface area contributed by atoms with Crippen molar-refractivity contribution in [1.82, 2.24) is 4.98 Å². The van der Waals surface area contributed by atoms with Crippen LogP contribution in [0.1, 0.15) is 19.5 Å². The molecule has 1 heterocycles. The van der Waals surface area contributed by atoms with Gasteiger partial charge in [-0.1, -0.05) is 13.8 Å². The third kappa shape index (κ3) is 4.49. The second-order valence-electron chi connectivity index (χ2n) is 6.76. The number of halogens is 1. The Morgan fingerprint density at radius 1 is 1.18 bits per heavy atom. The van der Waals surface area contributed by atoms with Crippen molar-refractivity contribution in [3.63, 3.8) is 0 Å². The minimum atomic E-state index is -1.06. The zero-order valence-electron chi connectivity index (χ0n) is 15.5. The van der Waals surface area contributed by atoms with Gasteiger partial charge in [0.25, 0.3) is 0 Å². The number of ether oxygens (including phenoxy) is 1. The standard InChI is InChI=1S/C21H20FNO5/c1-12(2)11-27-18-9-14(5-8-17(18)24)20-16(10-19(25)26)23-21(28-20)13-3-6-15(22)7-4-13/h3-9,12,24H,10-11H2,1-2H3,(H,25,26). The lowest BCUT2D eigenvalue weighted by atomic mass is 10.1. The first kappa shape index (κ1) is 19.4. The molecule has 0 aliphatic carbocycles. The van der Waals surface area contributed by atoms with E-state index in [4.69, 9.17) is 9.15 Å². The van der Waals surface area contributed by atoms with E-state index < -0.39 is 11.8 Å². The molecule has 146 valence electrons. The molecular formula is C21H20FNO5. The number of carboxylic acid groups (broad SMARTS) is 1. The Labute approximate surface area is 161 Å². The smallest absolute Gasteiger partial charge is 0.309 e. The summed E-state index contributed by atoms with van der Waals surface area (Å²) in [4.78, 5) is 15.5. The molecule has 0 fully saturated rings. The monoisotopic (exact) mass is 385 g/mol. The molecule has 0 bridgehead atoms. The lowest BCUT2D eigenvalue weighted by Crippen LogP contribution is -2.05. The summed E-state index contributed by atoms with van der Waals surface area (Å²) in [6, 6.07) is 10.2. The van der Waals surface area contributed by atoms with Crippen LogP contribution < -0.4 is 4.74 Å². The molecule has 28 heavy (non-hydrogen) atoms. The quantitative estimate of drug-likeness (QED) is 0.621. The topological polar surface area (TPSA) is 92.8 Å².